The predicted octanol–water partition coefficient (Wildman–Crippen LogP) is 5.90. The first-order valence-corrected chi connectivity index (χ1v) is 11.5. The molecule has 1 heterocycles. The van der Waals surface area contributed by atoms with Gasteiger partial charge in [-0.1, -0.05) is 35.6 Å². The number of thioether (sulfide) groups is 1. The van der Waals surface area contributed by atoms with Crippen LogP contribution in [0.1, 0.15) is 21.5 Å². The van der Waals surface area contributed by atoms with E-state index in [0.29, 0.717) is 16.4 Å². The van der Waals surface area contributed by atoms with Crippen LogP contribution in [0.3, 0.4) is 0 Å². The maximum absolute atomic E-state index is 12.4. The van der Waals surface area contributed by atoms with E-state index in [9.17, 15) is 9.59 Å². The first-order valence-electron chi connectivity index (χ1n) is 9.75. The van der Waals surface area contributed by atoms with Crippen LogP contribution < -0.4 is 10.6 Å². The zero-order valence-corrected chi connectivity index (χ0v) is 18.8. The number of hydrogen-bond donors (Lipinski definition) is 2. The Morgan fingerprint density at radius 2 is 1.74 bits per heavy atom. The summed E-state index contributed by atoms with van der Waals surface area (Å²) in [5, 5.41) is 6.39. The summed E-state index contributed by atoms with van der Waals surface area (Å²) < 4.78 is 1.06. The van der Waals surface area contributed by atoms with Crippen LogP contribution in [-0.2, 0) is 4.79 Å². The summed E-state index contributed by atoms with van der Waals surface area (Å²) in [6, 6.07) is 21.0. The van der Waals surface area contributed by atoms with Crippen LogP contribution in [-0.4, -0.2) is 22.6 Å². The fraction of sp³-hybridized carbons (Fsp3) is 0.125. The van der Waals surface area contributed by atoms with E-state index in [0.717, 1.165) is 20.7 Å². The highest BCUT2D eigenvalue weighted by molar-refractivity contribution is 8.00. The third-order valence-corrected chi connectivity index (χ3v) is 6.61. The molecule has 0 saturated carbocycles. The molecular formula is C24H21N3O2S2. The third kappa shape index (κ3) is 5.31. The Kier molecular flexibility index (Phi) is 6.34. The smallest absolute Gasteiger partial charge is 0.255 e. The number of benzene rings is 3. The van der Waals surface area contributed by atoms with Crippen LogP contribution >= 0.6 is 23.1 Å². The summed E-state index contributed by atoms with van der Waals surface area (Å²) in [6.45, 7) is 3.95. The summed E-state index contributed by atoms with van der Waals surface area (Å²) in [6.07, 6.45) is 0. The highest BCUT2D eigenvalue weighted by Crippen LogP contribution is 2.27. The highest BCUT2D eigenvalue weighted by atomic mass is 32.2. The molecule has 0 aliphatic heterocycles. The molecule has 7 heteroatoms. The lowest BCUT2D eigenvalue weighted by atomic mass is 10.1. The standard InChI is InChI=1S/C24H21N3O2S2/c1-15-7-12-20-21(13-15)31-24(26-20)27-22(28)14-30-18-10-8-17(9-11-18)25-23(29)19-6-4-3-5-16(19)2/h3-13H,14H2,1-2H3,(H,25,29)(H,26,27,28). The zero-order chi connectivity index (χ0) is 21.8. The van der Waals surface area contributed by atoms with Crippen molar-refractivity contribution in [3.63, 3.8) is 0 Å². The van der Waals surface area contributed by atoms with Gasteiger partial charge in [0.05, 0.1) is 16.0 Å². The topological polar surface area (TPSA) is 71.1 Å². The normalized spacial score (nSPS) is 10.8. The molecule has 5 nitrogen and oxygen atoms in total. The number of rotatable bonds is 6. The molecule has 0 aliphatic rings. The van der Waals surface area contributed by atoms with Crippen LogP contribution in [0.5, 0.6) is 0 Å². The Morgan fingerprint density at radius 3 is 2.52 bits per heavy atom. The molecule has 0 radical (unpaired) electrons. The Labute approximate surface area is 188 Å². The first-order chi connectivity index (χ1) is 15.0. The number of carbonyl (C=O) groups is 2. The molecule has 1 aromatic heterocycles. The number of hydrogen-bond acceptors (Lipinski definition) is 5. The van der Waals surface area contributed by atoms with Crippen molar-refractivity contribution in [1.29, 1.82) is 0 Å². The zero-order valence-electron chi connectivity index (χ0n) is 17.1. The fourth-order valence-corrected chi connectivity index (χ4v) is 4.73. The van der Waals surface area contributed by atoms with Crippen LogP contribution in [0.4, 0.5) is 10.8 Å². The molecule has 3 aromatic carbocycles. The van der Waals surface area contributed by atoms with E-state index in [1.165, 1.54) is 28.7 Å². The Bertz CT molecular complexity index is 1250. The van der Waals surface area contributed by atoms with Crippen LogP contribution in [0.15, 0.2) is 71.6 Å². The molecule has 4 aromatic rings. The lowest BCUT2D eigenvalue weighted by Gasteiger charge is -2.08. The van der Waals surface area contributed by atoms with Gasteiger partial charge in [-0.2, -0.15) is 0 Å². The number of fused-ring (bicyclic) bond motifs is 1. The van der Waals surface area contributed by atoms with Gasteiger partial charge >= 0.3 is 0 Å². The van der Waals surface area contributed by atoms with Gasteiger partial charge in [0.25, 0.3) is 5.91 Å². The van der Waals surface area contributed by atoms with Crippen molar-refractivity contribution < 1.29 is 9.59 Å². The lowest BCUT2D eigenvalue weighted by Crippen LogP contribution is -2.14. The average Bonchev–Trinajstić information content (AvgIpc) is 3.14. The minimum Gasteiger partial charge on any atom is -0.322 e. The fourth-order valence-electron chi connectivity index (χ4n) is 3.05. The molecular weight excluding hydrogens is 426 g/mol. The maximum Gasteiger partial charge on any atom is 0.255 e. The average molecular weight is 448 g/mol. The van der Waals surface area contributed by atoms with Crippen molar-refractivity contribution in [1.82, 2.24) is 4.98 Å². The summed E-state index contributed by atoms with van der Waals surface area (Å²) in [4.78, 5) is 30.1. The number of amides is 2. The van der Waals surface area contributed by atoms with Crippen molar-refractivity contribution in [2.24, 2.45) is 0 Å². The molecule has 0 bridgehead atoms. The monoisotopic (exact) mass is 447 g/mol. The second-order valence-corrected chi connectivity index (χ2v) is 9.20. The first kappa shape index (κ1) is 21.1. The Hall–Kier alpha value is -3.16. The molecule has 0 aliphatic carbocycles. The van der Waals surface area contributed by atoms with E-state index >= 15 is 0 Å². The predicted molar refractivity (Wildman–Crippen MR) is 129 cm³/mol. The van der Waals surface area contributed by atoms with E-state index < -0.39 is 0 Å². The Balaban J connectivity index is 1.31. The van der Waals surface area contributed by atoms with Crippen molar-refractivity contribution in [3.8, 4) is 0 Å². The second kappa shape index (κ2) is 9.32. The molecule has 2 amide bonds. The lowest BCUT2D eigenvalue weighted by molar-refractivity contribution is -0.113. The van der Waals surface area contributed by atoms with E-state index in [4.69, 9.17) is 0 Å². The molecule has 4 rings (SSSR count). The number of thiazole rings is 1. The number of anilines is 2. The number of nitrogens with zero attached hydrogens (tertiary/aromatic N) is 1. The summed E-state index contributed by atoms with van der Waals surface area (Å²) in [7, 11) is 0. The van der Waals surface area contributed by atoms with Gasteiger partial charge in [0.1, 0.15) is 0 Å². The summed E-state index contributed by atoms with van der Waals surface area (Å²) in [5.41, 5.74) is 4.36. The van der Waals surface area contributed by atoms with Crippen molar-refractivity contribution >= 4 is 55.9 Å². The highest BCUT2D eigenvalue weighted by Gasteiger charge is 2.10. The number of aromatic nitrogens is 1. The minimum absolute atomic E-state index is 0.0993. The maximum atomic E-state index is 12.4. The number of aryl methyl sites for hydroxylation is 2. The van der Waals surface area contributed by atoms with Gasteiger partial charge < -0.3 is 10.6 Å². The van der Waals surface area contributed by atoms with Crippen molar-refractivity contribution in [2.45, 2.75) is 18.7 Å². The van der Waals surface area contributed by atoms with E-state index in [-0.39, 0.29) is 17.6 Å². The van der Waals surface area contributed by atoms with Gasteiger partial charge in [0.15, 0.2) is 5.13 Å². The van der Waals surface area contributed by atoms with E-state index in [2.05, 4.69) is 21.7 Å². The van der Waals surface area contributed by atoms with Crippen molar-refractivity contribution in [2.75, 3.05) is 16.4 Å². The molecule has 0 unspecified atom stereocenters. The molecule has 2 N–H and O–H groups in total. The quantitative estimate of drug-likeness (QED) is 0.361. The van der Waals surface area contributed by atoms with Crippen LogP contribution in [0, 0.1) is 13.8 Å². The molecule has 0 fully saturated rings. The van der Waals surface area contributed by atoms with Gasteiger partial charge in [-0.15, -0.1) is 11.8 Å². The largest absolute Gasteiger partial charge is 0.322 e. The van der Waals surface area contributed by atoms with Gasteiger partial charge in [-0.25, -0.2) is 4.98 Å². The number of nitrogens with one attached hydrogen (secondary N) is 2. The summed E-state index contributed by atoms with van der Waals surface area (Å²) >= 11 is 2.91. The second-order valence-electron chi connectivity index (χ2n) is 7.12. The van der Waals surface area contributed by atoms with E-state index in [1.54, 1.807) is 6.07 Å². The minimum atomic E-state index is -0.135. The van der Waals surface area contributed by atoms with Gasteiger partial charge in [-0.05, 0) is 67.4 Å². The summed E-state index contributed by atoms with van der Waals surface area (Å²) in [5.74, 6) is 0.0470. The molecule has 31 heavy (non-hydrogen) atoms. The molecule has 156 valence electrons. The van der Waals surface area contributed by atoms with Gasteiger partial charge in [0, 0.05) is 16.1 Å². The van der Waals surface area contributed by atoms with Crippen molar-refractivity contribution in [3.05, 3.63) is 83.4 Å². The third-order valence-electron chi connectivity index (χ3n) is 4.66. The van der Waals surface area contributed by atoms with E-state index in [1.807, 2.05) is 68.4 Å². The molecule has 0 spiro atoms. The molecule has 0 saturated heterocycles. The van der Waals surface area contributed by atoms with Gasteiger partial charge in [0.2, 0.25) is 5.91 Å². The Morgan fingerprint density at radius 1 is 0.968 bits per heavy atom. The van der Waals surface area contributed by atoms with Crippen LogP contribution in [0.2, 0.25) is 0 Å². The SMILES string of the molecule is Cc1ccc2nc(NC(=O)CSc3ccc(NC(=O)c4ccccc4C)cc3)sc2c1. The van der Waals surface area contributed by atoms with Crippen LogP contribution in [0.25, 0.3) is 10.2 Å². The molecule has 0 atom stereocenters. The number of carbonyl (C=O) groups excluding carboxylic acids is 2. The van der Waals surface area contributed by atoms with Gasteiger partial charge in [-0.3, -0.25) is 9.59 Å².